The van der Waals surface area contributed by atoms with Gasteiger partial charge in [-0.1, -0.05) is 18.2 Å². The summed E-state index contributed by atoms with van der Waals surface area (Å²) in [6.07, 6.45) is 1.59. The Bertz CT molecular complexity index is 994. The number of amides is 3. The first-order chi connectivity index (χ1) is 12.5. The molecule has 1 aromatic heterocycles. The van der Waals surface area contributed by atoms with Crippen molar-refractivity contribution in [3.63, 3.8) is 0 Å². The molecule has 3 N–H and O–H groups in total. The largest absolute Gasteiger partial charge is 0.399 e. The van der Waals surface area contributed by atoms with Gasteiger partial charge in [-0.3, -0.25) is 19.4 Å². The highest BCUT2D eigenvalue weighted by molar-refractivity contribution is 6.48. The van der Waals surface area contributed by atoms with Gasteiger partial charge in [0.25, 0.3) is 0 Å². The maximum atomic E-state index is 12.6. The van der Waals surface area contributed by atoms with Crippen LogP contribution in [0.2, 0.25) is 0 Å². The Morgan fingerprint density at radius 3 is 2.38 bits per heavy atom. The summed E-state index contributed by atoms with van der Waals surface area (Å²) in [6.45, 7) is 1.21. The van der Waals surface area contributed by atoms with E-state index in [1.165, 1.54) is 19.1 Å². The predicted octanol–water partition coefficient (Wildman–Crippen LogP) is 2.34. The molecule has 3 aromatic rings. The number of aromatic nitrogens is 1. The molecular formula is C19H16N4O3. The zero-order chi connectivity index (χ0) is 18.7. The molecule has 130 valence electrons. The zero-order valence-corrected chi connectivity index (χ0v) is 14.0. The van der Waals surface area contributed by atoms with Crippen LogP contribution < -0.4 is 16.0 Å². The van der Waals surface area contributed by atoms with Crippen LogP contribution in [0.15, 0.2) is 60.8 Å². The molecule has 0 spiro atoms. The van der Waals surface area contributed by atoms with Gasteiger partial charge in [-0.05, 0) is 36.4 Å². The minimum atomic E-state index is -0.991. The molecule has 7 nitrogen and oxygen atoms in total. The monoisotopic (exact) mass is 348 g/mol. The van der Waals surface area contributed by atoms with Crippen LogP contribution in [0, 0.1) is 0 Å². The highest BCUT2D eigenvalue weighted by Crippen LogP contribution is 2.21. The molecular weight excluding hydrogens is 332 g/mol. The first-order valence-electron chi connectivity index (χ1n) is 7.82. The molecule has 26 heavy (non-hydrogen) atoms. The number of nitrogen functional groups attached to an aromatic ring is 1. The SMILES string of the molecule is CC(=O)N(C(=O)C(=O)Nc1cccc2cccnc12)c1ccc(N)cc1. The minimum absolute atomic E-state index is 0.267. The van der Waals surface area contributed by atoms with Gasteiger partial charge in [-0.15, -0.1) is 0 Å². The van der Waals surface area contributed by atoms with E-state index < -0.39 is 17.7 Å². The van der Waals surface area contributed by atoms with Gasteiger partial charge in [0.05, 0.1) is 16.9 Å². The minimum Gasteiger partial charge on any atom is -0.399 e. The number of rotatable bonds is 2. The summed E-state index contributed by atoms with van der Waals surface area (Å²) in [5, 5.41) is 3.35. The summed E-state index contributed by atoms with van der Waals surface area (Å²) >= 11 is 0. The number of carbonyl (C=O) groups is 3. The standard InChI is InChI=1S/C19H16N4O3/c1-12(24)23(15-9-7-14(20)8-10-15)19(26)18(25)22-16-6-2-4-13-5-3-11-21-17(13)16/h2-11H,20H2,1H3,(H,22,25). The summed E-state index contributed by atoms with van der Waals surface area (Å²) in [5.74, 6) is -2.50. The molecule has 0 atom stereocenters. The highest BCUT2D eigenvalue weighted by Gasteiger charge is 2.27. The summed E-state index contributed by atoms with van der Waals surface area (Å²) in [6, 6.07) is 14.9. The number of pyridine rings is 1. The number of fused-ring (bicyclic) bond motifs is 1. The summed E-state index contributed by atoms with van der Waals surface area (Å²) in [5.41, 5.74) is 7.31. The van der Waals surface area contributed by atoms with E-state index in [4.69, 9.17) is 5.73 Å². The smallest absolute Gasteiger partial charge is 0.323 e. The predicted molar refractivity (Wildman–Crippen MR) is 99.4 cm³/mol. The number of benzene rings is 2. The summed E-state index contributed by atoms with van der Waals surface area (Å²) in [4.78, 5) is 41.9. The van der Waals surface area contributed by atoms with Crippen molar-refractivity contribution in [2.24, 2.45) is 0 Å². The van der Waals surface area contributed by atoms with E-state index in [1.54, 1.807) is 36.5 Å². The normalized spacial score (nSPS) is 10.3. The topological polar surface area (TPSA) is 105 Å². The Balaban J connectivity index is 1.89. The fourth-order valence-corrected chi connectivity index (χ4v) is 2.55. The molecule has 3 rings (SSSR count). The van der Waals surface area contributed by atoms with Crippen molar-refractivity contribution in [2.45, 2.75) is 6.92 Å². The second-order valence-electron chi connectivity index (χ2n) is 5.59. The fraction of sp³-hybridized carbons (Fsp3) is 0.0526. The third-order valence-corrected chi connectivity index (χ3v) is 3.74. The van der Waals surface area contributed by atoms with E-state index in [2.05, 4.69) is 10.3 Å². The van der Waals surface area contributed by atoms with Crippen LogP contribution in [-0.2, 0) is 14.4 Å². The molecule has 0 saturated heterocycles. The molecule has 1 heterocycles. The van der Waals surface area contributed by atoms with Gasteiger partial charge < -0.3 is 11.1 Å². The van der Waals surface area contributed by atoms with Crippen molar-refractivity contribution < 1.29 is 14.4 Å². The van der Waals surface area contributed by atoms with Crippen LogP contribution in [0.3, 0.4) is 0 Å². The van der Waals surface area contributed by atoms with E-state index in [0.717, 1.165) is 10.3 Å². The van der Waals surface area contributed by atoms with Gasteiger partial charge in [0.1, 0.15) is 0 Å². The third-order valence-electron chi connectivity index (χ3n) is 3.74. The average molecular weight is 348 g/mol. The van der Waals surface area contributed by atoms with Crippen molar-refractivity contribution in [1.82, 2.24) is 4.98 Å². The molecule has 0 aliphatic heterocycles. The van der Waals surface area contributed by atoms with E-state index in [-0.39, 0.29) is 5.69 Å². The van der Waals surface area contributed by atoms with Crippen LogP contribution in [0.5, 0.6) is 0 Å². The number of para-hydroxylation sites is 1. The van der Waals surface area contributed by atoms with Gasteiger partial charge in [0, 0.05) is 24.2 Å². The second kappa shape index (κ2) is 7.02. The number of nitrogens with zero attached hydrogens (tertiary/aromatic N) is 2. The number of hydrogen-bond donors (Lipinski definition) is 2. The molecule has 0 unspecified atom stereocenters. The Morgan fingerprint density at radius 2 is 1.69 bits per heavy atom. The first-order valence-corrected chi connectivity index (χ1v) is 7.82. The lowest BCUT2D eigenvalue weighted by molar-refractivity contribution is -0.136. The zero-order valence-electron chi connectivity index (χ0n) is 14.0. The maximum absolute atomic E-state index is 12.6. The van der Waals surface area contributed by atoms with Gasteiger partial charge >= 0.3 is 11.8 Å². The quantitative estimate of drug-likeness (QED) is 0.546. The molecule has 0 saturated carbocycles. The average Bonchev–Trinajstić information content (AvgIpc) is 2.63. The second-order valence-corrected chi connectivity index (χ2v) is 5.59. The summed E-state index contributed by atoms with van der Waals surface area (Å²) < 4.78 is 0. The van der Waals surface area contributed by atoms with Crippen LogP contribution in [0.25, 0.3) is 10.9 Å². The van der Waals surface area contributed by atoms with Gasteiger partial charge in [0.15, 0.2) is 0 Å². The maximum Gasteiger partial charge on any atom is 0.323 e. The van der Waals surface area contributed by atoms with Crippen LogP contribution in [0.1, 0.15) is 6.92 Å². The molecule has 0 radical (unpaired) electrons. The molecule has 7 heteroatoms. The van der Waals surface area contributed by atoms with Gasteiger partial charge in [-0.2, -0.15) is 0 Å². The number of carbonyl (C=O) groups excluding carboxylic acids is 3. The Kier molecular flexibility index (Phi) is 4.62. The van der Waals surface area contributed by atoms with Crippen LogP contribution in [0.4, 0.5) is 17.1 Å². The highest BCUT2D eigenvalue weighted by atomic mass is 16.2. The van der Waals surface area contributed by atoms with E-state index in [1.807, 2.05) is 12.1 Å². The van der Waals surface area contributed by atoms with E-state index in [9.17, 15) is 14.4 Å². The Hall–Kier alpha value is -3.74. The van der Waals surface area contributed by atoms with Gasteiger partial charge in [0.2, 0.25) is 5.91 Å². The van der Waals surface area contributed by atoms with Crippen molar-refractivity contribution in [3.8, 4) is 0 Å². The van der Waals surface area contributed by atoms with E-state index >= 15 is 0 Å². The van der Waals surface area contributed by atoms with Crippen molar-refractivity contribution in [1.29, 1.82) is 0 Å². The molecule has 0 bridgehead atoms. The molecule has 3 amide bonds. The van der Waals surface area contributed by atoms with Crippen molar-refractivity contribution in [2.75, 3.05) is 16.0 Å². The number of imide groups is 1. The Morgan fingerprint density at radius 1 is 1.00 bits per heavy atom. The molecule has 0 aliphatic rings. The molecule has 2 aromatic carbocycles. The lowest BCUT2D eigenvalue weighted by Gasteiger charge is -2.19. The van der Waals surface area contributed by atoms with Gasteiger partial charge in [-0.25, -0.2) is 4.90 Å². The Labute approximate surface area is 149 Å². The number of nitrogens with one attached hydrogen (secondary N) is 1. The van der Waals surface area contributed by atoms with Crippen molar-refractivity contribution in [3.05, 3.63) is 60.8 Å². The number of hydrogen-bond acceptors (Lipinski definition) is 5. The van der Waals surface area contributed by atoms with Crippen LogP contribution >= 0.6 is 0 Å². The van der Waals surface area contributed by atoms with Crippen LogP contribution in [-0.4, -0.2) is 22.7 Å². The van der Waals surface area contributed by atoms with E-state index in [0.29, 0.717) is 16.9 Å². The third kappa shape index (κ3) is 3.36. The number of nitrogens with two attached hydrogens (primary N) is 1. The summed E-state index contributed by atoms with van der Waals surface area (Å²) in [7, 11) is 0. The van der Waals surface area contributed by atoms with Crippen molar-refractivity contribution >= 4 is 45.7 Å². The lowest BCUT2D eigenvalue weighted by atomic mass is 10.2. The molecule has 0 aliphatic carbocycles. The first kappa shape index (κ1) is 17.1. The lowest BCUT2D eigenvalue weighted by Crippen LogP contribution is -2.42. The fourth-order valence-electron chi connectivity index (χ4n) is 2.55. The molecule has 0 fully saturated rings. The number of anilines is 3.